The largest absolute Gasteiger partial charge is 0.387 e. The molecule has 3 aromatic heterocycles. The fourth-order valence-corrected chi connectivity index (χ4v) is 5.05. The van der Waals surface area contributed by atoms with Gasteiger partial charge in [0, 0.05) is 6.04 Å². The summed E-state index contributed by atoms with van der Waals surface area (Å²) in [6.45, 7) is -0.518. The zero-order valence-corrected chi connectivity index (χ0v) is 19.6. The molecule has 0 spiro atoms. The fourth-order valence-electron chi connectivity index (χ4n) is 4.19. The van der Waals surface area contributed by atoms with Crippen molar-refractivity contribution in [2.45, 2.75) is 62.1 Å². The van der Waals surface area contributed by atoms with Crippen molar-refractivity contribution >= 4 is 36.2 Å². The van der Waals surface area contributed by atoms with Gasteiger partial charge in [-0.1, -0.05) is 23.3 Å². The molecule has 3 aromatic rings. The molecule has 19 heteroatoms. The highest BCUT2D eigenvalue weighted by molar-refractivity contribution is 7.51. The van der Waals surface area contributed by atoms with Gasteiger partial charge in [0.15, 0.2) is 23.2 Å². The molecular formula is C16H22ClN10O7P. The van der Waals surface area contributed by atoms with Gasteiger partial charge in [0.1, 0.15) is 18.3 Å². The Balaban J connectivity index is 1.36. The van der Waals surface area contributed by atoms with Crippen molar-refractivity contribution in [2.75, 3.05) is 11.9 Å². The first kappa shape index (κ1) is 24.3. The maximum absolute atomic E-state index is 11.8. The van der Waals surface area contributed by atoms with Gasteiger partial charge < -0.3 is 34.8 Å². The molecule has 5 atom stereocenters. The SMILES string of the molecule is O=P(O)(O)C(OC[C@H]1O[C@@H](n2nnc3c(NC4CCCC4)nc(Cl)nc32)[C@H](O)[C@@H]1O)c1nn[nH]n1. The Labute approximate surface area is 201 Å². The van der Waals surface area contributed by atoms with Crippen LogP contribution in [-0.2, 0) is 14.0 Å². The number of ether oxygens (including phenoxy) is 2. The van der Waals surface area contributed by atoms with Crippen LogP contribution in [-0.4, -0.2) is 96.5 Å². The summed E-state index contributed by atoms with van der Waals surface area (Å²) >= 11 is 6.12. The minimum atomic E-state index is -4.85. The highest BCUT2D eigenvalue weighted by Gasteiger charge is 2.46. The van der Waals surface area contributed by atoms with Crippen LogP contribution in [0.2, 0.25) is 5.28 Å². The third-order valence-corrected chi connectivity index (χ3v) is 7.04. The number of nitrogens with one attached hydrogen (secondary N) is 2. The predicted molar refractivity (Wildman–Crippen MR) is 115 cm³/mol. The van der Waals surface area contributed by atoms with Crippen molar-refractivity contribution in [3.8, 4) is 0 Å². The van der Waals surface area contributed by atoms with E-state index in [1.165, 1.54) is 0 Å². The lowest BCUT2D eigenvalue weighted by molar-refractivity contribution is -0.0779. The van der Waals surface area contributed by atoms with Gasteiger partial charge in [-0.05, 0) is 24.4 Å². The highest BCUT2D eigenvalue weighted by atomic mass is 35.5. The normalized spacial score (nSPS) is 26.5. The molecule has 2 fully saturated rings. The first-order chi connectivity index (χ1) is 16.7. The predicted octanol–water partition coefficient (Wildman–Crippen LogP) is -0.745. The van der Waals surface area contributed by atoms with Gasteiger partial charge in [-0.3, -0.25) is 4.57 Å². The van der Waals surface area contributed by atoms with Gasteiger partial charge in [-0.15, -0.1) is 15.3 Å². The van der Waals surface area contributed by atoms with Crippen molar-refractivity contribution in [1.29, 1.82) is 0 Å². The Hall–Kier alpha value is -2.37. The first-order valence-electron chi connectivity index (χ1n) is 10.7. The molecule has 0 bridgehead atoms. The molecule has 0 radical (unpaired) electrons. The second-order valence-electron chi connectivity index (χ2n) is 8.26. The summed E-state index contributed by atoms with van der Waals surface area (Å²) in [6, 6.07) is 0.215. The molecule has 17 nitrogen and oxygen atoms in total. The minimum absolute atomic E-state index is 0.0703. The van der Waals surface area contributed by atoms with E-state index in [1.807, 2.05) is 0 Å². The van der Waals surface area contributed by atoms with E-state index in [4.69, 9.17) is 21.1 Å². The molecule has 1 aliphatic heterocycles. The minimum Gasteiger partial charge on any atom is -0.387 e. The molecule has 1 saturated carbocycles. The number of rotatable bonds is 8. The van der Waals surface area contributed by atoms with Gasteiger partial charge in [0.2, 0.25) is 17.0 Å². The Bertz CT molecular complexity index is 1220. The smallest absolute Gasteiger partial charge is 0.362 e. The number of aliphatic hydroxyl groups is 2. The number of aliphatic hydroxyl groups excluding tert-OH is 2. The topological polar surface area (TPSA) is 239 Å². The number of tetrazole rings is 1. The monoisotopic (exact) mass is 532 g/mol. The Morgan fingerprint density at radius 1 is 1.23 bits per heavy atom. The van der Waals surface area contributed by atoms with Crippen LogP contribution in [0.25, 0.3) is 11.2 Å². The Kier molecular flexibility index (Phi) is 6.67. The highest BCUT2D eigenvalue weighted by Crippen LogP contribution is 2.51. The lowest BCUT2D eigenvalue weighted by atomic mass is 10.1. The maximum Gasteiger partial charge on any atom is 0.362 e. The van der Waals surface area contributed by atoms with Crippen LogP contribution in [0.4, 0.5) is 5.82 Å². The molecule has 6 N–H and O–H groups in total. The summed E-state index contributed by atoms with van der Waals surface area (Å²) < 4.78 is 24.0. The summed E-state index contributed by atoms with van der Waals surface area (Å²) in [6.07, 6.45) is -1.25. The maximum atomic E-state index is 11.8. The van der Waals surface area contributed by atoms with Crippen LogP contribution < -0.4 is 5.32 Å². The summed E-state index contributed by atoms with van der Waals surface area (Å²) in [7, 11) is -4.85. The average molecular weight is 533 g/mol. The van der Waals surface area contributed by atoms with E-state index >= 15 is 0 Å². The van der Waals surface area contributed by atoms with Crippen molar-refractivity contribution in [3.05, 3.63) is 11.1 Å². The van der Waals surface area contributed by atoms with Crippen LogP contribution in [0.15, 0.2) is 0 Å². The number of fused-ring (bicyclic) bond motifs is 1. The summed E-state index contributed by atoms with van der Waals surface area (Å²) in [5.74, 6) is -1.83. The van der Waals surface area contributed by atoms with E-state index in [0.29, 0.717) is 11.3 Å². The fraction of sp³-hybridized carbons (Fsp3) is 0.688. The number of nitrogens with zero attached hydrogens (tertiary/aromatic N) is 8. The number of aromatic nitrogens is 9. The second-order valence-corrected chi connectivity index (χ2v) is 10.2. The molecule has 0 aromatic carbocycles. The van der Waals surface area contributed by atoms with E-state index in [9.17, 15) is 24.6 Å². The standard InChI is InChI=1S/C16H22ClN10O7P/c17-16-19-11(18-6-3-1-2-4-6)8-13(20-16)27(26-21-8)14-10(29)9(28)7(34-14)5-33-15(35(30,31)32)12-22-24-25-23-12/h6-7,9-10,14-15,28-29H,1-5H2,(H,18,19,20)(H2,30,31,32)(H,22,23,24,25)/t7-,9-,10-,14-,15?/m1/s1. The van der Waals surface area contributed by atoms with E-state index in [2.05, 4.69) is 46.2 Å². The van der Waals surface area contributed by atoms with Crippen LogP contribution in [0.5, 0.6) is 0 Å². The van der Waals surface area contributed by atoms with Crippen molar-refractivity contribution in [3.63, 3.8) is 0 Å². The van der Waals surface area contributed by atoms with Gasteiger partial charge in [-0.25, -0.2) is 0 Å². The molecular weight excluding hydrogens is 511 g/mol. The number of hydrogen-bond donors (Lipinski definition) is 6. The zero-order chi connectivity index (χ0) is 24.7. The van der Waals surface area contributed by atoms with E-state index in [0.717, 1.165) is 30.4 Å². The molecule has 1 unspecified atom stereocenters. The molecule has 1 saturated heterocycles. The summed E-state index contributed by atoms with van der Waals surface area (Å²) in [4.78, 5) is 27.5. The van der Waals surface area contributed by atoms with Crippen LogP contribution in [0, 0.1) is 0 Å². The zero-order valence-electron chi connectivity index (χ0n) is 17.9. The molecule has 190 valence electrons. The lowest BCUT2D eigenvalue weighted by Crippen LogP contribution is -2.34. The van der Waals surface area contributed by atoms with Crippen molar-refractivity contribution in [2.24, 2.45) is 0 Å². The van der Waals surface area contributed by atoms with Gasteiger partial charge in [-0.2, -0.15) is 19.9 Å². The van der Waals surface area contributed by atoms with Gasteiger partial charge >= 0.3 is 7.60 Å². The van der Waals surface area contributed by atoms with Crippen molar-refractivity contribution in [1.82, 2.24) is 45.6 Å². The number of hydrogen-bond acceptors (Lipinski definition) is 13. The third-order valence-electron chi connectivity index (χ3n) is 5.88. The van der Waals surface area contributed by atoms with Crippen LogP contribution >= 0.6 is 19.2 Å². The molecule has 4 heterocycles. The number of anilines is 1. The quantitative estimate of drug-likeness (QED) is 0.154. The lowest BCUT2D eigenvalue weighted by Gasteiger charge is -2.19. The van der Waals surface area contributed by atoms with Crippen molar-refractivity contribution < 1.29 is 34.0 Å². The molecule has 35 heavy (non-hydrogen) atoms. The number of H-pyrrole nitrogens is 1. The Morgan fingerprint density at radius 3 is 2.69 bits per heavy atom. The number of halogens is 1. The Morgan fingerprint density at radius 2 is 2.00 bits per heavy atom. The first-order valence-corrected chi connectivity index (χ1v) is 12.7. The molecule has 5 rings (SSSR count). The second kappa shape index (κ2) is 9.59. The average Bonchev–Trinajstić information content (AvgIpc) is 3.59. The van der Waals surface area contributed by atoms with Crippen LogP contribution in [0.3, 0.4) is 0 Å². The molecule has 1 aliphatic carbocycles. The molecule has 2 aliphatic rings. The van der Waals surface area contributed by atoms with Gasteiger partial charge in [0.25, 0.3) is 0 Å². The third kappa shape index (κ3) is 4.85. The number of aromatic amines is 1. The van der Waals surface area contributed by atoms with E-state index in [-0.39, 0.29) is 22.8 Å². The van der Waals surface area contributed by atoms with Gasteiger partial charge in [0.05, 0.1) is 6.61 Å². The van der Waals surface area contributed by atoms with E-state index < -0.39 is 44.6 Å². The summed E-state index contributed by atoms with van der Waals surface area (Å²) in [5, 5.41) is 44.9. The van der Waals surface area contributed by atoms with E-state index in [1.54, 1.807) is 0 Å². The molecule has 0 amide bonds. The summed E-state index contributed by atoms with van der Waals surface area (Å²) in [5.41, 5.74) is 0.480. The van der Waals surface area contributed by atoms with Crippen LogP contribution in [0.1, 0.15) is 43.6 Å².